The van der Waals surface area contributed by atoms with E-state index in [1.807, 2.05) is 0 Å². The molecule has 0 fully saturated rings. The van der Waals surface area contributed by atoms with Crippen molar-refractivity contribution in [2.24, 2.45) is 0 Å². The van der Waals surface area contributed by atoms with Gasteiger partial charge >= 0.3 is 6.18 Å². The number of rotatable bonds is 4. The highest BCUT2D eigenvalue weighted by Crippen LogP contribution is 2.37. The van der Waals surface area contributed by atoms with Gasteiger partial charge in [-0.25, -0.2) is 0 Å². The van der Waals surface area contributed by atoms with Gasteiger partial charge in [-0.2, -0.15) is 13.2 Å². The van der Waals surface area contributed by atoms with Crippen LogP contribution in [0.15, 0.2) is 12.1 Å². The molecule has 0 aromatic heterocycles. The highest BCUT2D eigenvalue weighted by Gasteiger charge is 2.38. The Kier molecular flexibility index (Phi) is 4.15. The van der Waals surface area contributed by atoms with Crippen molar-refractivity contribution in [3.05, 3.63) is 12.1 Å². The molecule has 1 rings (SSSR count). The Hall–Kier alpha value is -1.79. The van der Waals surface area contributed by atoms with Crippen molar-refractivity contribution in [3.8, 4) is 17.2 Å². The molecule has 4 nitrogen and oxygen atoms in total. The van der Waals surface area contributed by atoms with E-state index in [-0.39, 0.29) is 17.2 Å². The third-order valence-electron chi connectivity index (χ3n) is 2.28. The molecule has 0 aliphatic rings. The maximum absolute atomic E-state index is 12.4. The molecule has 0 amide bonds. The predicted molar refractivity (Wildman–Crippen MR) is 60.1 cm³/mol. The van der Waals surface area contributed by atoms with Crippen molar-refractivity contribution in [3.63, 3.8) is 0 Å². The molecule has 0 aliphatic heterocycles. The Bertz CT molecular complexity index is 421. The van der Waals surface area contributed by atoms with Crippen molar-refractivity contribution >= 4 is 5.69 Å². The van der Waals surface area contributed by atoms with E-state index >= 15 is 0 Å². The van der Waals surface area contributed by atoms with Crippen LogP contribution >= 0.6 is 0 Å². The Morgan fingerprint density at radius 1 is 1.06 bits per heavy atom. The molecular formula is C11H14F3NO3. The highest BCUT2D eigenvalue weighted by atomic mass is 19.4. The van der Waals surface area contributed by atoms with Gasteiger partial charge in [0.05, 0.1) is 19.9 Å². The normalized spacial score (nSPS) is 13.0. The summed E-state index contributed by atoms with van der Waals surface area (Å²) in [6.45, 7) is 0.899. The van der Waals surface area contributed by atoms with Crippen LogP contribution in [0.1, 0.15) is 6.92 Å². The number of nitrogens with two attached hydrogens (primary N) is 1. The minimum Gasteiger partial charge on any atom is -0.493 e. The summed E-state index contributed by atoms with van der Waals surface area (Å²) in [5, 5.41) is 0. The summed E-state index contributed by atoms with van der Waals surface area (Å²) in [6, 6.07) is 2.60. The van der Waals surface area contributed by atoms with Crippen LogP contribution in [0.25, 0.3) is 0 Å². The molecule has 0 spiro atoms. The topological polar surface area (TPSA) is 53.7 Å². The summed E-state index contributed by atoms with van der Waals surface area (Å²) in [4.78, 5) is 0. The molecule has 0 radical (unpaired) electrons. The largest absolute Gasteiger partial charge is 0.493 e. The first-order valence-corrected chi connectivity index (χ1v) is 5.04. The zero-order valence-corrected chi connectivity index (χ0v) is 10.2. The fraction of sp³-hybridized carbons (Fsp3) is 0.455. The third-order valence-corrected chi connectivity index (χ3v) is 2.28. The fourth-order valence-electron chi connectivity index (χ4n) is 1.24. The summed E-state index contributed by atoms with van der Waals surface area (Å²) >= 11 is 0. The van der Waals surface area contributed by atoms with Gasteiger partial charge in [-0.3, -0.25) is 0 Å². The molecule has 7 heteroatoms. The number of nitrogen functional groups attached to an aromatic ring is 1. The zero-order valence-electron chi connectivity index (χ0n) is 10.2. The quantitative estimate of drug-likeness (QED) is 0.850. The van der Waals surface area contributed by atoms with Gasteiger partial charge in [0.1, 0.15) is 5.75 Å². The number of benzene rings is 1. The molecule has 102 valence electrons. The molecule has 1 unspecified atom stereocenters. The number of hydrogen-bond acceptors (Lipinski definition) is 4. The van der Waals surface area contributed by atoms with Crippen molar-refractivity contribution < 1.29 is 27.4 Å². The summed E-state index contributed by atoms with van der Waals surface area (Å²) in [5.41, 5.74) is 5.63. The highest BCUT2D eigenvalue weighted by molar-refractivity contribution is 5.62. The van der Waals surface area contributed by atoms with Crippen LogP contribution in [-0.4, -0.2) is 26.5 Å². The second-order valence-corrected chi connectivity index (χ2v) is 3.55. The lowest BCUT2D eigenvalue weighted by molar-refractivity contribution is -0.189. The van der Waals surface area contributed by atoms with E-state index in [0.29, 0.717) is 5.75 Å². The summed E-state index contributed by atoms with van der Waals surface area (Å²) in [7, 11) is 2.77. The Morgan fingerprint density at radius 3 is 2.00 bits per heavy atom. The fourth-order valence-corrected chi connectivity index (χ4v) is 1.24. The van der Waals surface area contributed by atoms with E-state index in [9.17, 15) is 13.2 Å². The molecular weight excluding hydrogens is 251 g/mol. The maximum atomic E-state index is 12.4. The Balaban J connectivity index is 3.03. The standard InChI is InChI=1S/C11H14F3NO3/c1-6(11(12,13)14)18-8-5-10(17-3)9(16-2)4-7(8)15/h4-6H,15H2,1-3H3. The predicted octanol–water partition coefficient (Wildman–Crippen LogP) is 2.62. The molecule has 2 N–H and O–H groups in total. The lowest BCUT2D eigenvalue weighted by Gasteiger charge is -2.19. The molecule has 1 aromatic carbocycles. The molecule has 1 atom stereocenters. The van der Waals surface area contributed by atoms with E-state index in [2.05, 4.69) is 0 Å². The molecule has 18 heavy (non-hydrogen) atoms. The smallest absolute Gasteiger partial charge is 0.425 e. The van der Waals surface area contributed by atoms with Gasteiger partial charge in [0.2, 0.25) is 0 Å². The molecule has 1 aromatic rings. The van der Waals surface area contributed by atoms with Gasteiger partial charge in [-0.05, 0) is 6.92 Å². The van der Waals surface area contributed by atoms with Crippen LogP contribution in [0, 0.1) is 0 Å². The first kappa shape index (κ1) is 14.3. The van der Waals surface area contributed by atoms with Gasteiger partial charge in [0.15, 0.2) is 17.6 Å². The summed E-state index contributed by atoms with van der Waals surface area (Å²) in [6.07, 6.45) is -6.42. The SMILES string of the molecule is COc1cc(N)c(OC(C)C(F)(F)F)cc1OC. The molecule has 0 aliphatic carbocycles. The van der Waals surface area contributed by atoms with Crippen LogP contribution < -0.4 is 19.9 Å². The second kappa shape index (κ2) is 5.24. The lowest BCUT2D eigenvalue weighted by atomic mass is 10.2. The maximum Gasteiger partial charge on any atom is 0.425 e. The van der Waals surface area contributed by atoms with Crippen LogP contribution in [0.2, 0.25) is 0 Å². The van der Waals surface area contributed by atoms with Crippen molar-refractivity contribution in [1.29, 1.82) is 0 Å². The average molecular weight is 265 g/mol. The van der Waals surface area contributed by atoms with Gasteiger partial charge in [0.25, 0.3) is 0 Å². The van der Waals surface area contributed by atoms with E-state index in [4.69, 9.17) is 19.9 Å². The third kappa shape index (κ3) is 3.12. The van der Waals surface area contributed by atoms with E-state index in [1.54, 1.807) is 0 Å². The second-order valence-electron chi connectivity index (χ2n) is 3.55. The first-order valence-electron chi connectivity index (χ1n) is 5.04. The average Bonchev–Trinajstić information content (AvgIpc) is 2.29. The number of halogens is 3. The zero-order chi connectivity index (χ0) is 13.9. The molecule has 0 saturated carbocycles. The first-order chi connectivity index (χ1) is 8.29. The van der Waals surface area contributed by atoms with Crippen molar-refractivity contribution in [1.82, 2.24) is 0 Å². The number of anilines is 1. The van der Waals surface area contributed by atoms with Gasteiger partial charge in [-0.15, -0.1) is 0 Å². The molecule has 0 saturated heterocycles. The number of methoxy groups -OCH3 is 2. The van der Waals surface area contributed by atoms with Gasteiger partial charge < -0.3 is 19.9 Å². The van der Waals surface area contributed by atoms with Gasteiger partial charge in [0, 0.05) is 12.1 Å². The monoisotopic (exact) mass is 265 g/mol. The van der Waals surface area contributed by atoms with E-state index < -0.39 is 12.3 Å². The molecule has 0 bridgehead atoms. The number of ether oxygens (including phenoxy) is 3. The minimum atomic E-state index is -4.46. The number of hydrogen-bond donors (Lipinski definition) is 1. The lowest BCUT2D eigenvalue weighted by Crippen LogP contribution is -2.31. The van der Waals surface area contributed by atoms with Crippen LogP contribution in [0.5, 0.6) is 17.2 Å². The summed E-state index contributed by atoms with van der Waals surface area (Å²) < 4.78 is 51.8. The van der Waals surface area contributed by atoms with Crippen LogP contribution in [0.3, 0.4) is 0 Å². The Labute approximate surface area is 102 Å². The van der Waals surface area contributed by atoms with E-state index in [1.165, 1.54) is 26.4 Å². The molecule has 0 heterocycles. The van der Waals surface area contributed by atoms with Gasteiger partial charge in [-0.1, -0.05) is 0 Å². The van der Waals surface area contributed by atoms with Crippen molar-refractivity contribution in [2.45, 2.75) is 19.2 Å². The summed E-state index contributed by atoms with van der Waals surface area (Å²) in [5.74, 6) is 0.468. The Morgan fingerprint density at radius 2 is 1.56 bits per heavy atom. The van der Waals surface area contributed by atoms with Crippen LogP contribution in [-0.2, 0) is 0 Å². The number of alkyl halides is 3. The van der Waals surface area contributed by atoms with Crippen molar-refractivity contribution in [2.75, 3.05) is 20.0 Å². The minimum absolute atomic E-state index is 0.0451. The van der Waals surface area contributed by atoms with E-state index in [0.717, 1.165) is 6.92 Å². The van der Waals surface area contributed by atoms with Crippen LogP contribution in [0.4, 0.5) is 18.9 Å².